The molecule has 156 valence electrons. The molecule has 7 heteroatoms. The van der Waals surface area contributed by atoms with Crippen LogP contribution in [-0.2, 0) is 22.2 Å². The molecule has 6 nitrogen and oxygen atoms in total. The van der Waals surface area contributed by atoms with E-state index in [0.717, 1.165) is 82.6 Å². The van der Waals surface area contributed by atoms with Crippen LogP contribution in [0.5, 0.6) is 5.75 Å². The van der Waals surface area contributed by atoms with E-state index < -0.39 is 11.0 Å². The Morgan fingerprint density at radius 3 is 2.66 bits per heavy atom. The standard InChI is InChI=1S/C22H29N3O3S/c1-16-12-25(29(2)27)6-3-18(16)19-9-17-10-22(28-20(17)11-23-19)13-21(14-22)4-7-24(15-26)8-5-21/h9,11,15H,3-8,10,12-14H2,1-2H3. The van der Waals surface area contributed by atoms with Gasteiger partial charge in [0.15, 0.2) is 0 Å². The smallest absolute Gasteiger partial charge is 0.209 e. The van der Waals surface area contributed by atoms with Gasteiger partial charge in [-0.15, -0.1) is 0 Å². The van der Waals surface area contributed by atoms with E-state index >= 15 is 0 Å². The highest BCUT2D eigenvalue weighted by molar-refractivity contribution is 7.81. The maximum absolute atomic E-state index is 11.8. The van der Waals surface area contributed by atoms with E-state index in [1.165, 1.54) is 16.7 Å². The number of carbonyl (C=O) groups excluding carboxylic acids is 1. The number of fused-ring (bicyclic) bond motifs is 1. The number of nitrogens with zero attached hydrogens (tertiary/aromatic N) is 3. The monoisotopic (exact) mass is 415 g/mol. The molecule has 5 rings (SSSR count). The van der Waals surface area contributed by atoms with Gasteiger partial charge in [0.2, 0.25) is 6.41 Å². The summed E-state index contributed by atoms with van der Waals surface area (Å²) in [5, 5.41) is 0. The molecule has 0 radical (unpaired) electrons. The lowest BCUT2D eigenvalue weighted by Gasteiger charge is -2.56. The molecule has 1 aromatic heterocycles. The van der Waals surface area contributed by atoms with Crippen molar-refractivity contribution in [3.05, 3.63) is 29.1 Å². The molecule has 0 N–H and O–H groups in total. The number of hydrogen-bond donors (Lipinski definition) is 0. The molecule has 1 saturated heterocycles. The summed E-state index contributed by atoms with van der Waals surface area (Å²) >= 11 is 0. The fourth-order valence-electron chi connectivity index (χ4n) is 5.92. The van der Waals surface area contributed by atoms with E-state index in [1.807, 2.05) is 15.4 Å². The van der Waals surface area contributed by atoms with E-state index in [2.05, 4.69) is 13.0 Å². The molecular weight excluding hydrogens is 386 g/mol. The van der Waals surface area contributed by atoms with Gasteiger partial charge < -0.3 is 9.64 Å². The van der Waals surface area contributed by atoms with Crippen molar-refractivity contribution in [1.29, 1.82) is 0 Å². The Morgan fingerprint density at radius 2 is 2.00 bits per heavy atom. The summed E-state index contributed by atoms with van der Waals surface area (Å²) in [6, 6.07) is 2.22. The maximum atomic E-state index is 11.8. The number of piperidine rings is 1. The van der Waals surface area contributed by atoms with Gasteiger partial charge in [0.05, 0.1) is 22.9 Å². The zero-order valence-corrected chi connectivity index (χ0v) is 18.1. The Labute approximate surface area is 174 Å². The Morgan fingerprint density at radius 1 is 1.24 bits per heavy atom. The zero-order chi connectivity index (χ0) is 20.2. The van der Waals surface area contributed by atoms with Crippen molar-refractivity contribution in [3.8, 4) is 5.75 Å². The van der Waals surface area contributed by atoms with E-state index in [-0.39, 0.29) is 5.60 Å². The lowest BCUT2D eigenvalue weighted by molar-refractivity contribution is -0.134. The van der Waals surface area contributed by atoms with Crippen LogP contribution in [0.25, 0.3) is 5.57 Å². The van der Waals surface area contributed by atoms with Crippen LogP contribution in [0.2, 0.25) is 0 Å². The van der Waals surface area contributed by atoms with Gasteiger partial charge >= 0.3 is 0 Å². The predicted molar refractivity (Wildman–Crippen MR) is 113 cm³/mol. The number of amides is 1. The Bertz CT molecular complexity index is 897. The molecule has 0 aromatic carbocycles. The van der Waals surface area contributed by atoms with Crippen LogP contribution in [0, 0.1) is 5.41 Å². The van der Waals surface area contributed by atoms with Gasteiger partial charge in [-0.25, -0.2) is 8.51 Å². The maximum Gasteiger partial charge on any atom is 0.209 e. The van der Waals surface area contributed by atoms with Crippen LogP contribution < -0.4 is 4.74 Å². The van der Waals surface area contributed by atoms with Gasteiger partial charge in [-0.2, -0.15) is 0 Å². The summed E-state index contributed by atoms with van der Waals surface area (Å²) in [4.78, 5) is 17.6. The number of likely N-dealkylation sites (tertiary alicyclic amines) is 1. The van der Waals surface area contributed by atoms with Gasteiger partial charge in [-0.3, -0.25) is 9.78 Å². The van der Waals surface area contributed by atoms with Gasteiger partial charge in [0.1, 0.15) is 11.4 Å². The van der Waals surface area contributed by atoms with Crippen molar-refractivity contribution >= 4 is 23.0 Å². The fourth-order valence-corrected chi connectivity index (χ4v) is 6.64. The molecule has 1 unspecified atom stereocenters. The zero-order valence-electron chi connectivity index (χ0n) is 17.3. The first-order valence-electron chi connectivity index (χ1n) is 10.6. The summed E-state index contributed by atoms with van der Waals surface area (Å²) in [5.41, 5.74) is 5.19. The highest BCUT2D eigenvalue weighted by Crippen LogP contribution is 2.60. The lowest BCUT2D eigenvalue weighted by atomic mass is 9.54. The third kappa shape index (κ3) is 3.32. The van der Waals surface area contributed by atoms with Crippen LogP contribution in [0.1, 0.15) is 50.3 Å². The topological polar surface area (TPSA) is 62.7 Å². The average Bonchev–Trinajstić information content (AvgIpc) is 3.06. The molecule has 1 saturated carbocycles. The van der Waals surface area contributed by atoms with Gasteiger partial charge in [0.25, 0.3) is 0 Å². The third-order valence-electron chi connectivity index (χ3n) is 7.40. The van der Waals surface area contributed by atoms with E-state index in [0.29, 0.717) is 5.41 Å². The van der Waals surface area contributed by atoms with Crippen molar-refractivity contribution in [2.45, 2.75) is 51.0 Å². The van der Waals surface area contributed by atoms with Crippen LogP contribution in [0.4, 0.5) is 0 Å². The second-order valence-electron chi connectivity index (χ2n) is 9.43. The fraction of sp³-hybridized carbons (Fsp3) is 0.636. The summed E-state index contributed by atoms with van der Waals surface area (Å²) in [7, 11) is -0.920. The van der Waals surface area contributed by atoms with Gasteiger partial charge in [0, 0.05) is 44.4 Å². The van der Waals surface area contributed by atoms with Gasteiger partial charge in [-0.05, 0) is 56.1 Å². The number of aromatic nitrogens is 1. The number of hydrogen-bond acceptors (Lipinski definition) is 4. The third-order valence-corrected chi connectivity index (χ3v) is 8.44. The largest absolute Gasteiger partial charge is 0.485 e. The van der Waals surface area contributed by atoms with Crippen LogP contribution in [0.15, 0.2) is 17.8 Å². The first-order valence-corrected chi connectivity index (χ1v) is 12.1. The SMILES string of the molecule is CC1=C(c2cc3c(cn2)OC2(C3)CC3(CCN(C=O)CC3)C2)CCN(S(C)=O)C1. The average molecular weight is 416 g/mol. The molecule has 1 aliphatic carbocycles. The van der Waals surface area contributed by atoms with Crippen molar-refractivity contribution in [3.63, 3.8) is 0 Å². The second-order valence-corrected chi connectivity index (χ2v) is 10.8. The minimum absolute atomic E-state index is 0.0577. The molecule has 2 fully saturated rings. The number of ether oxygens (including phenoxy) is 1. The molecule has 29 heavy (non-hydrogen) atoms. The summed E-state index contributed by atoms with van der Waals surface area (Å²) in [6.07, 6.45) is 10.9. The molecule has 2 spiro atoms. The van der Waals surface area contributed by atoms with Crippen LogP contribution >= 0.6 is 0 Å². The number of carbonyl (C=O) groups is 1. The molecule has 4 heterocycles. The normalized spacial score (nSPS) is 26.2. The summed E-state index contributed by atoms with van der Waals surface area (Å²) < 4.78 is 20.2. The molecular formula is C22H29N3O3S. The molecule has 1 aromatic rings. The second kappa shape index (κ2) is 6.91. The van der Waals surface area contributed by atoms with E-state index in [9.17, 15) is 9.00 Å². The molecule has 4 aliphatic rings. The molecule has 3 aliphatic heterocycles. The Kier molecular flexibility index (Phi) is 4.59. The summed E-state index contributed by atoms with van der Waals surface area (Å²) in [5.74, 6) is 0.944. The van der Waals surface area contributed by atoms with Crippen molar-refractivity contribution in [1.82, 2.24) is 14.2 Å². The van der Waals surface area contributed by atoms with Crippen LogP contribution in [-0.4, -0.2) is 62.8 Å². The highest BCUT2D eigenvalue weighted by Gasteiger charge is 2.59. The number of rotatable bonds is 3. The van der Waals surface area contributed by atoms with Gasteiger partial charge in [-0.1, -0.05) is 5.57 Å². The molecule has 0 bridgehead atoms. The molecule has 1 atom stereocenters. The van der Waals surface area contributed by atoms with Crippen LogP contribution in [0.3, 0.4) is 0 Å². The molecule has 1 amide bonds. The minimum atomic E-state index is -0.920. The first-order chi connectivity index (χ1) is 13.9. The number of pyridine rings is 1. The Balaban J connectivity index is 1.29. The quantitative estimate of drug-likeness (QED) is 0.712. The van der Waals surface area contributed by atoms with E-state index in [1.54, 1.807) is 6.26 Å². The van der Waals surface area contributed by atoms with Crippen molar-refractivity contribution in [2.24, 2.45) is 5.41 Å². The summed E-state index contributed by atoms with van der Waals surface area (Å²) in [6.45, 7) is 5.45. The van der Waals surface area contributed by atoms with Crippen molar-refractivity contribution < 1.29 is 13.7 Å². The van der Waals surface area contributed by atoms with E-state index in [4.69, 9.17) is 9.72 Å². The minimum Gasteiger partial charge on any atom is -0.485 e. The van der Waals surface area contributed by atoms with Crippen molar-refractivity contribution in [2.75, 3.05) is 32.4 Å². The lowest BCUT2D eigenvalue weighted by Crippen LogP contribution is -2.58. The predicted octanol–water partition coefficient (Wildman–Crippen LogP) is 2.56. The Hall–Kier alpha value is -1.73. The highest BCUT2D eigenvalue weighted by atomic mass is 32.2. The first kappa shape index (κ1) is 19.2.